The first-order valence-electron chi connectivity index (χ1n) is 9.41. The van der Waals surface area contributed by atoms with Gasteiger partial charge in [-0.1, -0.05) is 30.3 Å². The molecule has 6 N–H and O–H groups in total. The molecule has 0 saturated carbocycles. The Kier molecular flexibility index (Phi) is 7.26. The van der Waals surface area contributed by atoms with E-state index < -0.39 is 5.91 Å². The Bertz CT molecular complexity index is 849. The molecule has 1 aromatic carbocycles. The molecule has 9 heteroatoms. The number of amides is 1. The lowest BCUT2D eigenvalue weighted by atomic mass is 10.0. The fourth-order valence-corrected chi connectivity index (χ4v) is 3.04. The number of ether oxygens (including phenoxy) is 1. The van der Waals surface area contributed by atoms with Crippen LogP contribution in [0.2, 0.25) is 0 Å². The lowest BCUT2D eigenvalue weighted by Crippen LogP contribution is -2.38. The van der Waals surface area contributed by atoms with E-state index in [1.54, 1.807) is 6.20 Å². The summed E-state index contributed by atoms with van der Waals surface area (Å²) < 4.78 is 6.02. The second-order valence-corrected chi connectivity index (χ2v) is 6.51. The van der Waals surface area contributed by atoms with E-state index in [1.807, 2.05) is 30.3 Å². The molecule has 0 spiro atoms. The first-order valence-corrected chi connectivity index (χ1v) is 9.41. The van der Waals surface area contributed by atoms with E-state index in [4.69, 9.17) is 15.9 Å². The molecule has 0 radical (unpaired) electrons. The van der Waals surface area contributed by atoms with E-state index in [9.17, 15) is 4.79 Å². The van der Waals surface area contributed by atoms with Crippen LogP contribution in [0.4, 0.5) is 5.82 Å². The minimum absolute atomic E-state index is 0.0103. The van der Waals surface area contributed by atoms with Gasteiger partial charge in [0.15, 0.2) is 11.5 Å². The van der Waals surface area contributed by atoms with Crippen LogP contribution in [0.15, 0.2) is 54.6 Å². The maximum atomic E-state index is 12.4. The van der Waals surface area contributed by atoms with Crippen molar-refractivity contribution in [3.63, 3.8) is 0 Å². The molecule has 0 aliphatic carbocycles. The quantitative estimate of drug-likeness (QED) is 0.441. The SMILES string of the molecule is N=C/C(=C\NC(c1ccccc1)C1CNCCCO1)NC(=O)c1nccnc1N. The van der Waals surface area contributed by atoms with Crippen LogP contribution in [0, 0.1) is 5.41 Å². The van der Waals surface area contributed by atoms with Crippen LogP contribution in [0.5, 0.6) is 0 Å². The fraction of sp³-hybridized carbons (Fsp3) is 0.300. The van der Waals surface area contributed by atoms with E-state index in [-0.39, 0.29) is 29.4 Å². The van der Waals surface area contributed by atoms with Crippen molar-refractivity contribution in [1.29, 1.82) is 5.41 Å². The smallest absolute Gasteiger partial charge is 0.278 e. The normalized spacial score (nSPS) is 18.3. The topological polar surface area (TPSA) is 138 Å². The highest BCUT2D eigenvalue weighted by Crippen LogP contribution is 2.20. The summed E-state index contributed by atoms with van der Waals surface area (Å²) >= 11 is 0. The van der Waals surface area contributed by atoms with Gasteiger partial charge in [0.25, 0.3) is 5.91 Å². The minimum atomic E-state index is -0.532. The zero-order valence-corrected chi connectivity index (χ0v) is 16.0. The molecular weight excluding hydrogens is 370 g/mol. The Labute approximate surface area is 169 Å². The second-order valence-electron chi connectivity index (χ2n) is 6.51. The van der Waals surface area contributed by atoms with Gasteiger partial charge in [0, 0.05) is 38.0 Å². The van der Waals surface area contributed by atoms with Crippen LogP contribution in [-0.4, -0.2) is 47.9 Å². The molecule has 2 unspecified atom stereocenters. The molecule has 1 aromatic heterocycles. The van der Waals surface area contributed by atoms with Crippen LogP contribution >= 0.6 is 0 Å². The van der Waals surface area contributed by atoms with Crippen molar-refractivity contribution in [3.05, 3.63) is 65.9 Å². The van der Waals surface area contributed by atoms with Crippen molar-refractivity contribution >= 4 is 17.9 Å². The molecule has 9 nitrogen and oxygen atoms in total. The number of nitrogens with two attached hydrogens (primary N) is 1. The van der Waals surface area contributed by atoms with E-state index in [0.29, 0.717) is 13.2 Å². The molecule has 1 aliphatic heterocycles. The van der Waals surface area contributed by atoms with Gasteiger partial charge in [-0.25, -0.2) is 9.97 Å². The van der Waals surface area contributed by atoms with Crippen LogP contribution in [0.1, 0.15) is 28.5 Å². The van der Waals surface area contributed by atoms with Crippen LogP contribution in [-0.2, 0) is 4.74 Å². The summed E-state index contributed by atoms with van der Waals surface area (Å²) in [6, 6.07) is 9.76. The highest BCUT2D eigenvalue weighted by molar-refractivity contribution is 5.99. The first kappa shape index (κ1) is 20.4. The number of rotatable bonds is 7. The van der Waals surface area contributed by atoms with Crippen LogP contribution in [0.25, 0.3) is 0 Å². The average Bonchev–Trinajstić information content (AvgIpc) is 3.03. The maximum Gasteiger partial charge on any atom is 0.278 e. The number of hydrogen-bond donors (Lipinski definition) is 5. The molecule has 29 heavy (non-hydrogen) atoms. The number of nitrogens with one attached hydrogen (secondary N) is 4. The minimum Gasteiger partial charge on any atom is -0.382 e. The molecule has 152 valence electrons. The lowest BCUT2D eigenvalue weighted by Gasteiger charge is -2.27. The van der Waals surface area contributed by atoms with Gasteiger partial charge in [-0.2, -0.15) is 0 Å². The van der Waals surface area contributed by atoms with Gasteiger partial charge in [0.1, 0.15) is 0 Å². The molecule has 2 atom stereocenters. The number of anilines is 1. The highest BCUT2D eigenvalue weighted by Gasteiger charge is 2.24. The zero-order chi connectivity index (χ0) is 20.5. The summed E-state index contributed by atoms with van der Waals surface area (Å²) in [7, 11) is 0. The molecule has 1 saturated heterocycles. The average molecular weight is 395 g/mol. The van der Waals surface area contributed by atoms with Gasteiger partial charge in [-0.05, 0) is 18.5 Å². The number of allylic oxidation sites excluding steroid dienone is 1. The molecule has 1 amide bonds. The second kappa shape index (κ2) is 10.3. The summed E-state index contributed by atoms with van der Waals surface area (Å²) in [6.45, 7) is 2.28. The Hall–Kier alpha value is -3.30. The van der Waals surface area contributed by atoms with Crippen molar-refractivity contribution in [2.24, 2.45) is 0 Å². The van der Waals surface area contributed by atoms with Gasteiger partial charge >= 0.3 is 0 Å². The van der Waals surface area contributed by atoms with Crippen molar-refractivity contribution in [2.75, 3.05) is 25.4 Å². The maximum absolute atomic E-state index is 12.4. The predicted octanol–water partition coefficient (Wildman–Crippen LogP) is 0.989. The van der Waals surface area contributed by atoms with E-state index >= 15 is 0 Å². The van der Waals surface area contributed by atoms with Gasteiger partial charge in [-0.15, -0.1) is 0 Å². The third-order valence-corrected chi connectivity index (χ3v) is 4.48. The molecular formula is C20H25N7O2. The number of carbonyl (C=O) groups excluding carboxylic acids is 1. The Balaban J connectivity index is 1.76. The van der Waals surface area contributed by atoms with E-state index in [2.05, 4.69) is 25.9 Å². The molecule has 0 bridgehead atoms. The summed E-state index contributed by atoms with van der Waals surface area (Å²) in [5, 5.41) is 16.9. The zero-order valence-electron chi connectivity index (χ0n) is 16.0. The van der Waals surface area contributed by atoms with Crippen molar-refractivity contribution < 1.29 is 9.53 Å². The van der Waals surface area contributed by atoms with E-state index in [0.717, 1.165) is 24.7 Å². The summed E-state index contributed by atoms with van der Waals surface area (Å²) in [6.07, 6.45) is 6.28. The summed E-state index contributed by atoms with van der Waals surface area (Å²) in [4.78, 5) is 20.2. The molecule has 3 rings (SSSR count). The number of carbonyl (C=O) groups is 1. The summed E-state index contributed by atoms with van der Waals surface area (Å²) in [5.41, 5.74) is 7.02. The van der Waals surface area contributed by atoms with Crippen LogP contribution < -0.4 is 21.7 Å². The number of nitrogens with zero attached hydrogens (tertiary/aromatic N) is 2. The Morgan fingerprint density at radius 3 is 2.86 bits per heavy atom. The third kappa shape index (κ3) is 5.59. The van der Waals surface area contributed by atoms with Gasteiger partial charge in [0.05, 0.1) is 17.8 Å². The van der Waals surface area contributed by atoms with Crippen molar-refractivity contribution in [3.8, 4) is 0 Å². The largest absolute Gasteiger partial charge is 0.382 e. The van der Waals surface area contributed by atoms with Gasteiger partial charge in [0.2, 0.25) is 0 Å². The van der Waals surface area contributed by atoms with Crippen molar-refractivity contribution in [2.45, 2.75) is 18.6 Å². The summed E-state index contributed by atoms with van der Waals surface area (Å²) in [5.74, 6) is -0.502. The first-order chi connectivity index (χ1) is 14.2. The lowest BCUT2D eigenvalue weighted by molar-refractivity contribution is 0.0421. The molecule has 2 aromatic rings. The predicted molar refractivity (Wildman–Crippen MR) is 110 cm³/mol. The monoisotopic (exact) mass is 395 g/mol. The van der Waals surface area contributed by atoms with E-state index in [1.165, 1.54) is 12.4 Å². The Morgan fingerprint density at radius 1 is 1.31 bits per heavy atom. The fourth-order valence-electron chi connectivity index (χ4n) is 3.04. The highest BCUT2D eigenvalue weighted by atomic mass is 16.5. The van der Waals surface area contributed by atoms with Gasteiger partial charge in [-0.3, -0.25) is 4.79 Å². The van der Waals surface area contributed by atoms with Gasteiger partial charge < -0.3 is 31.8 Å². The van der Waals surface area contributed by atoms with Crippen LogP contribution in [0.3, 0.4) is 0 Å². The van der Waals surface area contributed by atoms with Crippen molar-refractivity contribution in [1.82, 2.24) is 25.9 Å². The number of benzene rings is 1. The number of hydrogen-bond acceptors (Lipinski definition) is 8. The number of nitrogen functional groups attached to an aromatic ring is 1. The third-order valence-electron chi connectivity index (χ3n) is 4.48. The molecule has 1 aliphatic rings. The standard InChI is InChI=1S/C20H25N7O2/c21-11-15(27-20(28)18-19(22)25-9-8-24-18)12-26-17(14-5-2-1-3-6-14)16-13-23-7-4-10-29-16/h1-3,5-6,8-9,11-12,16-17,21,23,26H,4,7,10,13H2,(H2,22,25)(H,27,28)/b15-12+,21-11?. The molecule has 1 fully saturated rings. The molecule has 2 heterocycles. The Morgan fingerprint density at radius 2 is 2.10 bits per heavy atom. The number of aromatic nitrogens is 2.